The van der Waals surface area contributed by atoms with E-state index in [4.69, 9.17) is 19.2 Å². The summed E-state index contributed by atoms with van der Waals surface area (Å²) in [6.07, 6.45) is 0. The summed E-state index contributed by atoms with van der Waals surface area (Å²) < 4.78 is 16.4. The summed E-state index contributed by atoms with van der Waals surface area (Å²) in [4.78, 5) is 24.6. The summed E-state index contributed by atoms with van der Waals surface area (Å²) in [5, 5.41) is 0. The van der Waals surface area contributed by atoms with Crippen molar-refractivity contribution in [1.82, 2.24) is 14.8 Å². The first-order valence-electron chi connectivity index (χ1n) is 10.4. The molecule has 0 spiro atoms. The molecule has 1 amide bonds. The van der Waals surface area contributed by atoms with Gasteiger partial charge < -0.3 is 28.9 Å². The monoisotopic (exact) mass is 410 g/mol. The summed E-state index contributed by atoms with van der Waals surface area (Å²) in [7, 11) is 2.09. The third kappa shape index (κ3) is 3.68. The van der Waals surface area contributed by atoms with Crippen LogP contribution in [0.25, 0.3) is 11.3 Å². The second kappa shape index (κ2) is 8.12. The Morgan fingerprint density at radius 2 is 1.70 bits per heavy atom. The van der Waals surface area contributed by atoms with Gasteiger partial charge in [-0.2, -0.15) is 0 Å². The molecule has 0 saturated carbocycles. The van der Waals surface area contributed by atoms with E-state index in [9.17, 15) is 4.79 Å². The highest BCUT2D eigenvalue weighted by Crippen LogP contribution is 2.36. The summed E-state index contributed by atoms with van der Waals surface area (Å²) in [5.41, 5.74) is 2.41. The molecule has 4 heterocycles. The zero-order valence-electron chi connectivity index (χ0n) is 17.2. The van der Waals surface area contributed by atoms with Gasteiger partial charge >= 0.3 is 0 Å². The SMILES string of the molecule is CN1CCN(C(=O)c2ccc(-c3ccc4c(c3)OCO4)nc2N2CCOCC2)CC1. The van der Waals surface area contributed by atoms with Gasteiger partial charge in [-0.15, -0.1) is 0 Å². The van der Waals surface area contributed by atoms with Crippen molar-refractivity contribution < 1.29 is 19.0 Å². The molecule has 5 rings (SSSR count). The Morgan fingerprint density at radius 3 is 2.50 bits per heavy atom. The number of fused-ring (bicyclic) bond motifs is 1. The van der Waals surface area contributed by atoms with Crippen molar-refractivity contribution in [1.29, 1.82) is 0 Å². The zero-order chi connectivity index (χ0) is 20.5. The van der Waals surface area contributed by atoms with E-state index in [0.717, 1.165) is 67.8 Å². The molecule has 8 nitrogen and oxygen atoms in total. The minimum atomic E-state index is 0.0503. The fraction of sp³-hybridized carbons (Fsp3) is 0.455. The van der Waals surface area contributed by atoms with Gasteiger partial charge in [0.25, 0.3) is 5.91 Å². The highest BCUT2D eigenvalue weighted by atomic mass is 16.7. The van der Waals surface area contributed by atoms with Crippen LogP contribution in [0.2, 0.25) is 0 Å². The number of carbonyl (C=O) groups excluding carboxylic acids is 1. The average molecular weight is 410 g/mol. The molecule has 0 unspecified atom stereocenters. The molecule has 0 N–H and O–H groups in total. The van der Waals surface area contributed by atoms with Crippen LogP contribution in [0.4, 0.5) is 5.82 Å². The molecule has 0 aliphatic carbocycles. The Morgan fingerprint density at radius 1 is 0.933 bits per heavy atom. The van der Waals surface area contributed by atoms with Gasteiger partial charge in [-0.25, -0.2) is 4.98 Å². The van der Waals surface area contributed by atoms with E-state index >= 15 is 0 Å². The van der Waals surface area contributed by atoms with Crippen LogP contribution in [0, 0.1) is 0 Å². The minimum Gasteiger partial charge on any atom is -0.454 e. The molecule has 0 radical (unpaired) electrons. The summed E-state index contributed by atoms with van der Waals surface area (Å²) in [6.45, 7) is 6.22. The molecule has 30 heavy (non-hydrogen) atoms. The molecule has 2 fully saturated rings. The van der Waals surface area contributed by atoms with E-state index in [1.807, 2.05) is 35.2 Å². The highest BCUT2D eigenvalue weighted by molar-refractivity contribution is 5.99. The number of morpholine rings is 1. The maximum Gasteiger partial charge on any atom is 0.257 e. The van der Waals surface area contributed by atoms with Crippen LogP contribution in [-0.2, 0) is 4.74 Å². The number of benzene rings is 1. The molecule has 1 aromatic carbocycles. The molecule has 1 aromatic heterocycles. The maximum atomic E-state index is 13.3. The van der Waals surface area contributed by atoms with Crippen LogP contribution in [0.3, 0.4) is 0 Å². The topological polar surface area (TPSA) is 67.4 Å². The van der Waals surface area contributed by atoms with Gasteiger partial charge in [0, 0.05) is 44.8 Å². The number of aromatic nitrogens is 1. The van der Waals surface area contributed by atoms with Gasteiger partial charge in [0.15, 0.2) is 11.5 Å². The molecule has 0 bridgehead atoms. The lowest BCUT2D eigenvalue weighted by molar-refractivity contribution is 0.0663. The number of rotatable bonds is 3. The Hall–Kier alpha value is -2.84. The predicted molar refractivity (Wildman–Crippen MR) is 112 cm³/mol. The van der Waals surface area contributed by atoms with E-state index in [1.54, 1.807) is 0 Å². The number of hydrogen-bond donors (Lipinski definition) is 0. The number of pyridine rings is 1. The van der Waals surface area contributed by atoms with Crippen molar-refractivity contribution in [3.63, 3.8) is 0 Å². The first kappa shape index (κ1) is 19.1. The number of anilines is 1. The number of likely N-dealkylation sites (N-methyl/N-ethyl adjacent to an activating group) is 1. The summed E-state index contributed by atoms with van der Waals surface area (Å²) in [5.74, 6) is 2.25. The first-order valence-corrected chi connectivity index (χ1v) is 10.4. The van der Waals surface area contributed by atoms with Gasteiger partial charge in [-0.05, 0) is 37.4 Å². The number of nitrogens with zero attached hydrogens (tertiary/aromatic N) is 4. The lowest BCUT2D eigenvalue weighted by Crippen LogP contribution is -2.47. The van der Waals surface area contributed by atoms with Gasteiger partial charge in [0.1, 0.15) is 5.82 Å². The number of piperazine rings is 1. The largest absolute Gasteiger partial charge is 0.454 e. The second-order valence-electron chi connectivity index (χ2n) is 7.83. The van der Waals surface area contributed by atoms with Crippen LogP contribution in [0.15, 0.2) is 30.3 Å². The standard InChI is InChI=1S/C22H26N4O4/c1-24-6-8-26(9-7-24)22(27)17-3-4-18(23-21(17)25-10-12-28-13-11-25)16-2-5-19-20(14-16)30-15-29-19/h2-5,14H,6-13,15H2,1H3. The van der Waals surface area contributed by atoms with Gasteiger partial charge in [0.05, 0.1) is 24.5 Å². The number of carbonyl (C=O) groups is 1. The first-order chi connectivity index (χ1) is 14.7. The Kier molecular flexibility index (Phi) is 5.18. The van der Waals surface area contributed by atoms with Crippen molar-refractivity contribution in [3.8, 4) is 22.8 Å². The molecule has 158 valence electrons. The molecule has 0 atom stereocenters. The van der Waals surface area contributed by atoms with Crippen molar-refractivity contribution in [2.75, 3.05) is 71.2 Å². The Balaban J connectivity index is 1.49. The molecule has 8 heteroatoms. The molecule has 3 aliphatic rings. The fourth-order valence-electron chi connectivity index (χ4n) is 4.03. The molecular formula is C22H26N4O4. The number of amides is 1. The molecule has 3 aliphatic heterocycles. The van der Waals surface area contributed by atoms with Gasteiger partial charge in [-0.1, -0.05) is 0 Å². The number of ether oxygens (including phenoxy) is 3. The van der Waals surface area contributed by atoms with Crippen LogP contribution in [0.5, 0.6) is 11.5 Å². The van der Waals surface area contributed by atoms with Crippen molar-refractivity contribution in [3.05, 3.63) is 35.9 Å². The second-order valence-corrected chi connectivity index (χ2v) is 7.83. The van der Waals surface area contributed by atoms with Crippen LogP contribution < -0.4 is 14.4 Å². The lowest BCUT2D eigenvalue weighted by atomic mass is 10.1. The number of hydrogen-bond acceptors (Lipinski definition) is 7. The zero-order valence-corrected chi connectivity index (χ0v) is 17.2. The van der Waals surface area contributed by atoms with Crippen molar-refractivity contribution in [2.24, 2.45) is 0 Å². The Bertz CT molecular complexity index is 937. The molecule has 2 aromatic rings. The van der Waals surface area contributed by atoms with E-state index in [0.29, 0.717) is 18.8 Å². The maximum absolute atomic E-state index is 13.3. The summed E-state index contributed by atoms with van der Waals surface area (Å²) >= 11 is 0. The normalized spacial score (nSPS) is 19.2. The quantitative estimate of drug-likeness (QED) is 0.763. The van der Waals surface area contributed by atoms with E-state index < -0.39 is 0 Å². The molecular weight excluding hydrogens is 384 g/mol. The van der Waals surface area contributed by atoms with E-state index in [-0.39, 0.29) is 12.7 Å². The van der Waals surface area contributed by atoms with Gasteiger partial charge in [0.2, 0.25) is 6.79 Å². The van der Waals surface area contributed by atoms with Crippen molar-refractivity contribution in [2.45, 2.75) is 0 Å². The minimum absolute atomic E-state index is 0.0503. The predicted octanol–water partition coefficient (Wildman–Crippen LogP) is 1.70. The highest BCUT2D eigenvalue weighted by Gasteiger charge is 2.27. The average Bonchev–Trinajstić information content (AvgIpc) is 3.27. The van der Waals surface area contributed by atoms with Crippen LogP contribution >= 0.6 is 0 Å². The summed E-state index contributed by atoms with van der Waals surface area (Å²) in [6, 6.07) is 9.65. The third-order valence-electron chi connectivity index (χ3n) is 5.87. The van der Waals surface area contributed by atoms with Gasteiger partial charge in [-0.3, -0.25) is 4.79 Å². The smallest absolute Gasteiger partial charge is 0.257 e. The van der Waals surface area contributed by atoms with Crippen LogP contribution in [0.1, 0.15) is 10.4 Å². The fourth-order valence-corrected chi connectivity index (χ4v) is 4.03. The van der Waals surface area contributed by atoms with Crippen LogP contribution in [-0.4, -0.2) is 87.0 Å². The Labute approximate surface area is 175 Å². The van der Waals surface area contributed by atoms with E-state index in [1.165, 1.54) is 0 Å². The molecule has 2 saturated heterocycles. The lowest BCUT2D eigenvalue weighted by Gasteiger charge is -2.34. The van der Waals surface area contributed by atoms with E-state index in [2.05, 4.69) is 16.8 Å². The third-order valence-corrected chi connectivity index (χ3v) is 5.87. The van der Waals surface area contributed by atoms with Crippen molar-refractivity contribution >= 4 is 11.7 Å².